The van der Waals surface area contributed by atoms with E-state index in [0.29, 0.717) is 32.5 Å². The van der Waals surface area contributed by atoms with Crippen molar-refractivity contribution >= 4 is 16.2 Å². The van der Waals surface area contributed by atoms with E-state index < -0.39 is 22.2 Å². The maximum Gasteiger partial charge on any atom is 0.322 e. The monoisotopic (exact) mass is 262 g/mol. The molecule has 17 heavy (non-hydrogen) atoms. The van der Waals surface area contributed by atoms with E-state index in [1.807, 2.05) is 0 Å². The summed E-state index contributed by atoms with van der Waals surface area (Å²) in [6.07, 6.45) is 3.83. The number of hydrogen-bond acceptors (Lipinski definition) is 3. The lowest BCUT2D eigenvalue weighted by Gasteiger charge is -2.31. The molecule has 0 amide bonds. The number of rotatable bonds is 3. The average molecular weight is 262 g/mol. The first-order valence-corrected chi connectivity index (χ1v) is 7.43. The molecular formula is C10H18N2O4S. The molecular weight excluding hydrogens is 244 g/mol. The second-order valence-corrected chi connectivity index (χ2v) is 6.46. The topological polar surface area (TPSA) is 77.9 Å². The standard InChI is InChI=1S/C10H18N2O4S/c13-10(14)9-5-4-8-12(9)17(15,16)11-6-2-1-3-7-11/h9H,1-8H2,(H,13,14). The van der Waals surface area contributed by atoms with Crippen molar-refractivity contribution in [2.24, 2.45) is 0 Å². The Hall–Kier alpha value is -0.660. The van der Waals surface area contributed by atoms with E-state index in [1.54, 1.807) is 0 Å². The minimum atomic E-state index is -3.57. The van der Waals surface area contributed by atoms with Crippen LogP contribution in [0, 0.1) is 0 Å². The van der Waals surface area contributed by atoms with Crippen LogP contribution in [0.1, 0.15) is 32.1 Å². The zero-order chi connectivity index (χ0) is 12.5. The SMILES string of the molecule is O=C(O)C1CCCN1S(=O)(=O)N1CCCCC1. The summed E-state index contributed by atoms with van der Waals surface area (Å²) in [5.41, 5.74) is 0. The molecule has 2 heterocycles. The molecule has 2 fully saturated rings. The normalized spacial score (nSPS) is 28.4. The molecule has 0 aromatic rings. The zero-order valence-electron chi connectivity index (χ0n) is 9.71. The summed E-state index contributed by atoms with van der Waals surface area (Å²) in [7, 11) is -3.57. The molecule has 0 aromatic carbocycles. The Morgan fingerprint density at radius 1 is 1.06 bits per heavy atom. The quantitative estimate of drug-likeness (QED) is 0.791. The van der Waals surface area contributed by atoms with E-state index in [1.165, 1.54) is 4.31 Å². The highest BCUT2D eigenvalue weighted by molar-refractivity contribution is 7.86. The van der Waals surface area contributed by atoms with Gasteiger partial charge in [0.2, 0.25) is 0 Å². The van der Waals surface area contributed by atoms with E-state index in [-0.39, 0.29) is 0 Å². The van der Waals surface area contributed by atoms with Crippen LogP contribution in [0.3, 0.4) is 0 Å². The van der Waals surface area contributed by atoms with E-state index in [0.717, 1.165) is 23.6 Å². The molecule has 2 aliphatic heterocycles. The van der Waals surface area contributed by atoms with Gasteiger partial charge >= 0.3 is 5.97 Å². The van der Waals surface area contributed by atoms with Gasteiger partial charge in [0.05, 0.1) is 0 Å². The molecule has 0 bridgehead atoms. The fourth-order valence-corrected chi connectivity index (χ4v) is 4.40. The maximum absolute atomic E-state index is 12.3. The Balaban J connectivity index is 2.16. The summed E-state index contributed by atoms with van der Waals surface area (Å²) in [4.78, 5) is 11.0. The van der Waals surface area contributed by atoms with E-state index in [2.05, 4.69) is 0 Å². The number of aliphatic carboxylic acids is 1. The molecule has 0 radical (unpaired) electrons. The van der Waals surface area contributed by atoms with Gasteiger partial charge in [0.25, 0.3) is 10.2 Å². The smallest absolute Gasteiger partial charge is 0.322 e. The molecule has 0 aliphatic carbocycles. The van der Waals surface area contributed by atoms with E-state index >= 15 is 0 Å². The van der Waals surface area contributed by atoms with Crippen LogP contribution >= 0.6 is 0 Å². The van der Waals surface area contributed by atoms with Crippen molar-refractivity contribution < 1.29 is 18.3 Å². The van der Waals surface area contributed by atoms with E-state index in [9.17, 15) is 13.2 Å². The molecule has 7 heteroatoms. The molecule has 1 N–H and O–H groups in total. The Morgan fingerprint density at radius 2 is 1.71 bits per heavy atom. The second-order valence-electron chi connectivity index (χ2n) is 4.57. The van der Waals surface area contributed by atoms with Gasteiger partial charge in [0, 0.05) is 19.6 Å². The van der Waals surface area contributed by atoms with Crippen LogP contribution in [0.2, 0.25) is 0 Å². The van der Waals surface area contributed by atoms with E-state index in [4.69, 9.17) is 5.11 Å². The first kappa shape index (κ1) is 12.8. The van der Waals surface area contributed by atoms with Crippen molar-refractivity contribution in [1.82, 2.24) is 8.61 Å². The molecule has 98 valence electrons. The molecule has 1 atom stereocenters. The average Bonchev–Trinajstić information content (AvgIpc) is 2.80. The summed E-state index contributed by atoms with van der Waals surface area (Å²) in [5.74, 6) is -1.04. The van der Waals surface area contributed by atoms with Crippen molar-refractivity contribution in [1.29, 1.82) is 0 Å². The van der Waals surface area contributed by atoms with Gasteiger partial charge in [-0.15, -0.1) is 0 Å². The van der Waals surface area contributed by atoms with Crippen molar-refractivity contribution in [3.8, 4) is 0 Å². The molecule has 1 unspecified atom stereocenters. The van der Waals surface area contributed by atoms with Crippen LogP contribution in [0.25, 0.3) is 0 Å². The number of hydrogen-bond donors (Lipinski definition) is 1. The molecule has 0 spiro atoms. The lowest BCUT2D eigenvalue weighted by molar-refractivity contribution is -0.140. The molecule has 2 saturated heterocycles. The third kappa shape index (κ3) is 2.46. The van der Waals surface area contributed by atoms with Crippen LogP contribution in [0.4, 0.5) is 0 Å². The number of carboxylic acid groups (broad SMARTS) is 1. The van der Waals surface area contributed by atoms with Crippen molar-refractivity contribution in [3.05, 3.63) is 0 Å². The van der Waals surface area contributed by atoms with Crippen LogP contribution < -0.4 is 0 Å². The number of carbonyl (C=O) groups is 1. The van der Waals surface area contributed by atoms with Gasteiger partial charge in [0.15, 0.2) is 0 Å². The highest BCUT2D eigenvalue weighted by Gasteiger charge is 2.41. The molecule has 0 aromatic heterocycles. The summed E-state index contributed by atoms with van der Waals surface area (Å²) in [6.45, 7) is 1.37. The van der Waals surface area contributed by atoms with Gasteiger partial charge in [0.1, 0.15) is 6.04 Å². The molecule has 2 rings (SSSR count). The highest BCUT2D eigenvalue weighted by Crippen LogP contribution is 2.25. The molecule has 2 aliphatic rings. The van der Waals surface area contributed by atoms with Gasteiger partial charge in [-0.25, -0.2) is 0 Å². The summed E-state index contributed by atoms with van der Waals surface area (Å²) in [6, 6.07) is -0.873. The van der Waals surface area contributed by atoms with Crippen LogP contribution in [-0.4, -0.2) is 53.8 Å². The fourth-order valence-electron chi connectivity index (χ4n) is 2.51. The number of piperidine rings is 1. The first-order valence-electron chi connectivity index (χ1n) is 6.03. The maximum atomic E-state index is 12.3. The third-order valence-corrected chi connectivity index (χ3v) is 5.47. The zero-order valence-corrected chi connectivity index (χ0v) is 10.5. The van der Waals surface area contributed by atoms with Gasteiger partial charge in [-0.2, -0.15) is 17.0 Å². The fraction of sp³-hybridized carbons (Fsp3) is 0.900. The minimum Gasteiger partial charge on any atom is -0.480 e. The van der Waals surface area contributed by atoms with Crippen molar-refractivity contribution in [3.63, 3.8) is 0 Å². The van der Waals surface area contributed by atoms with Gasteiger partial charge in [-0.05, 0) is 25.7 Å². The van der Waals surface area contributed by atoms with Crippen molar-refractivity contribution in [2.45, 2.75) is 38.1 Å². The Bertz CT molecular complexity index is 389. The van der Waals surface area contributed by atoms with Crippen LogP contribution in [-0.2, 0) is 15.0 Å². The molecule has 0 saturated carbocycles. The Kier molecular flexibility index (Phi) is 3.70. The summed E-state index contributed by atoms with van der Waals surface area (Å²) < 4.78 is 27.2. The van der Waals surface area contributed by atoms with Gasteiger partial charge in [-0.3, -0.25) is 4.79 Å². The minimum absolute atomic E-state index is 0.329. The summed E-state index contributed by atoms with van der Waals surface area (Å²) in [5, 5.41) is 9.02. The predicted molar refractivity (Wildman–Crippen MR) is 61.7 cm³/mol. The van der Waals surface area contributed by atoms with Crippen LogP contribution in [0.15, 0.2) is 0 Å². The summed E-state index contributed by atoms with van der Waals surface area (Å²) >= 11 is 0. The highest BCUT2D eigenvalue weighted by atomic mass is 32.2. The largest absolute Gasteiger partial charge is 0.480 e. The predicted octanol–water partition coefficient (Wildman–Crippen LogP) is 0.266. The first-order chi connectivity index (χ1) is 8.03. The Labute approximate surface area is 101 Å². The lowest BCUT2D eigenvalue weighted by atomic mass is 10.2. The van der Waals surface area contributed by atoms with Gasteiger partial charge in [-0.1, -0.05) is 6.42 Å². The molecule has 6 nitrogen and oxygen atoms in total. The lowest BCUT2D eigenvalue weighted by Crippen LogP contribution is -2.49. The number of carboxylic acids is 1. The number of nitrogens with zero attached hydrogens (tertiary/aromatic N) is 2. The Morgan fingerprint density at radius 3 is 2.29 bits per heavy atom. The van der Waals surface area contributed by atoms with Gasteiger partial charge < -0.3 is 5.11 Å². The third-order valence-electron chi connectivity index (χ3n) is 3.43. The van der Waals surface area contributed by atoms with Crippen molar-refractivity contribution in [2.75, 3.05) is 19.6 Å². The van der Waals surface area contributed by atoms with Crippen LogP contribution in [0.5, 0.6) is 0 Å². The second kappa shape index (κ2) is 4.91.